The summed E-state index contributed by atoms with van der Waals surface area (Å²) in [5.41, 5.74) is 5.37. The number of aromatic nitrogens is 3. The van der Waals surface area contributed by atoms with Gasteiger partial charge in [-0.25, -0.2) is 12.8 Å². The zero-order valence-corrected chi connectivity index (χ0v) is 24.6. The molecular weight excluding hydrogens is 555 g/mol. The fourth-order valence-corrected chi connectivity index (χ4v) is 7.52. The number of ether oxygens (including phenoxy) is 1. The Morgan fingerprint density at radius 2 is 1.79 bits per heavy atom. The third-order valence-corrected chi connectivity index (χ3v) is 9.01. The van der Waals surface area contributed by atoms with Crippen molar-refractivity contribution in [1.82, 2.24) is 20.1 Å². The molecule has 8 nitrogen and oxygen atoms in total. The molecule has 3 aromatic carbocycles. The Morgan fingerprint density at radius 1 is 1.10 bits per heavy atom. The molecule has 0 radical (unpaired) electrons. The van der Waals surface area contributed by atoms with Gasteiger partial charge in [0.05, 0.1) is 23.0 Å². The summed E-state index contributed by atoms with van der Waals surface area (Å²) < 4.78 is 45.6. The first-order valence-corrected chi connectivity index (χ1v) is 16.0. The number of carbonyl (C=O) groups is 1. The van der Waals surface area contributed by atoms with E-state index in [1.165, 1.54) is 12.1 Å². The first-order valence-electron chi connectivity index (χ1n) is 13.9. The Balaban J connectivity index is 1.50. The maximum atomic E-state index is 14.0. The second-order valence-corrected chi connectivity index (χ2v) is 13.9. The summed E-state index contributed by atoms with van der Waals surface area (Å²) in [7, 11) is -3.28. The van der Waals surface area contributed by atoms with Crippen molar-refractivity contribution in [3.05, 3.63) is 83.9 Å². The maximum Gasteiger partial charge on any atom is 0.251 e. The molecule has 10 heteroatoms. The molecule has 0 aliphatic carbocycles. The van der Waals surface area contributed by atoms with Gasteiger partial charge in [-0.3, -0.25) is 9.89 Å². The average Bonchev–Trinajstić information content (AvgIpc) is 3.53. The number of aromatic amines is 1. The van der Waals surface area contributed by atoms with E-state index >= 15 is 0 Å². The van der Waals surface area contributed by atoms with Gasteiger partial charge in [0.25, 0.3) is 5.91 Å². The number of halogens is 1. The number of hydrogen-bond acceptors (Lipinski definition) is 5. The molecule has 5 aromatic rings. The van der Waals surface area contributed by atoms with Crippen molar-refractivity contribution in [2.75, 3.05) is 25.2 Å². The van der Waals surface area contributed by atoms with Crippen LogP contribution in [0.15, 0.2) is 66.9 Å². The molecule has 2 aromatic heterocycles. The van der Waals surface area contributed by atoms with Crippen LogP contribution >= 0.6 is 0 Å². The van der Waals surface area contributed by atoms with Crippen molar-refractivity contribution in [3.63, 3.8) is 0 Å². The monoisotopic (exact) mass is 588 g/mol. The van der Waals surface area contributed by atoms with Crippen LogP contribution in [0.3, 0.4) is 0 Å². The van der Waals surface area contributed by atoms with Crippen LogP contribution in [0.2, 0.25) is 0 Å². The van der Waals surface area contributed by atoms with Gasteiger partial charge in [0, 0.05) is 64.2 Å². The topological polar surface area (TPSA) is 106 Å². The van der Waals surface area contributed by atoms with Gasteiger partial charge in [-0.15, -0.1) is 0 Å². The molecule has 0 bridgehead atoms. The first-order chi connectivity index (χ1) is 20.0. The Hall–Kier alpha value is -4.02. The fraction of sp³-hybridized carbons (Fsp3) is 0.312. The van der Waals surface area contributed by atoms with Gasteiger partial charge in [0.1, 0.15) is 15.7 Å². The number of nitrogens with zero attached hydrogens (tertiary/aromatic N) is 2. The smallest absolute Gasteiger partial charge is 0.251 e. The van der Waals surface area contributed by atoms with Gasteiger partial charge in [0.2, 0.25) is 0 Å². The van der Waals surface area contributed by atoms with E-state index in [4.69, 9.17) is 4.74 Å². The summed E-state index contributed by atoms with van der Waals surface area (Å²) in [5.74, 6) is -0.604. The molecular formula is C32H33FN4O4S. The minimum atomic E-state index is -3.28. The number of carbonyl (C=O) groups excluding carboxylic acids is 1. The zero-order chi connectivity index (χ0) is 29.6. The van der Waals surface area contributed by atoms with Crippen LogP contribution in [0.4, 0.5) is 4.39 Å². The minimum absolute atomic E-state index is 0.163. The van der Waals surface area contributed by atoms with Crippen molar-refractivity contribution in [3.8, 4) is 16.8 Å². The van der Waals surface area contributed by atoms with Gasteiger partial charge in [-0.1, -0.05) is 12.1 Å². The van der Waals surface area contributed by atoms with Crippen LogP contribution in [0.5, 0.6) is 0 Å². The average molecular weight is 589 g/mol. The molecule has 0 saturated carbocycles. The normalized spacial score (nSPS) is 15.0. The fourth-order valence-electron chi connectivity index (χ4n) is 6.13. The molecule has 2 N–H and O–H groups in total. The highest BCUT2D eigenvalue weighted by atomic mass is 32.2. The standard InChI is InChI=1S/C32H33FN4O4S/c1-32(2,19-42(3,39)40)35-31(38)22-6-4-20(5-7-22)29-26-17-27-23(18-34-36-27)16-28(26)37(25-10-8-24(33)9-11-25)30(29)21-12-14-41-15-13-21/h4-11,16-18,21H,12-15,19H2,1-3H3,(H,34,36)(H,35,38). The second kappa shape index (κ2) is 10.7. The number of sulfone groups is 1. The molecule has 6 rings (SSSR count). The van der Waals surface area contributed by atoms with E-state index in [1.54, 1.807) is 44.3 Å². The number of H-pyrrole nitrogens is 1. The number of amides is 1. The summed E-state index contributed by atoms with van der Waals surface area (Å²) in [5, 5.41) is 12.2. The van der Waals surface area contributed by atoms with Crippen LogP contribution in [0, 0.1) is 5.82 Å². The van der Waals surface area contributed by atoms with Crippen molar-refractivity contribution in [2.24, 2.45) is 0 Å². The van der Waals surface area contributed by atoms with E-state index in [2.05, 4.69) is 32.2 Å². The summed E-state index contributed by atoms with van der Waals surface area (Å²) in [6.45, 7) is 4.70. The van der Waals surface area contributed by atoms with Gasteiger partial charge >= 0.3 is 0 Å². The largest absolute Gasteiger partial charge is 0.381 e. The number of fused-ring (bicyclic) bond motifs is 2. The maximum absolute atomic E-state index is 14.0. The molecule has 1 aliphatic rings. The van der Waals surface area contributed by atoms with Crippen molar-refractivity contribution >= 4 is 37.6 Å². The second-order valence-electron chi connectivity index (χ2n) is 11.8. The lowest BCUT2D eigenvalue weighted by atomic mass is 9.89. The first kappa shape index (κ1) is 28.1. The van der Waals surface area contributed by atoms with E-state index in [0.29, 0.717) is 18.8 Å². The SMILES string of the molecule is CC(C)(CS(C)(=O)=O)NC(=O)c1ccc(-c2c(C3CCOCC3)n(-c3ccc(F)cc3)c3cc4cn[nH]c4cc23)cc1. The predicted octanol–water partition coefficient (Wildman–Crippen LogP) is 5.76. The highest BCUT2D eigenvalue weighted by Crippen LogP contribution is 2.44. The van der Waals surface area contributed by atoms with E-state index < -0.39 is 15.4 Å². The molecule has 3 heterocycles. The number of rotatable bonds is 7. The van der Waals surface area contributed by atoms with E-state index in [-0.39, 0.29) is 23.4 Å². The van der Waals surface area contributed by atoms with Gasteiger partial charge < -0.3 is 14.6 Å². The van der Waals surface area contributed by atoms with Gasteiger partial charge in [0.15, 0.2) is 0 Å². The molecule has 218 valence electrons. The van der Waals surface area contributed by atoms with Crippen molar-refractivity contribution < 1.29 is 22.3 Å². The Labute approximate surface area is 243 Å². The van der Waals surface area contributed by atoms with Crippen LogP contribution in [-0.4, -0.2) is 59.9 Å². The molecule has 1 fully saturated rings. The van der Waals surface area contributed by atoms with Crippen LogP contribution in [-0.2, 0) is 14.6 Å². The lowest BCUT2D eigenvalue weighted by Gasteiger charge is -2.26. The Kier molecular flexibility index (Phi) is 7.14. The summed E-state index contributed by atoms with van der Waals surface area (Å²) in [6.07, 6.45) is 4.65. The molecule has 1 saturated heterocycles. The molecule has 0 atom stereocenters. The van der Waals surface area contributed by atoms with E-state index in [0.717, 1.165) is 63.4 Å². The Bertz CT molecular complexity index is 1890. The van der Waals surface area contributed by atoms with Crippen LogP contribution in [0.1, 0.15) is 48.7 Å². The molecule has 1 amide bonds. The van der Waals surface area contributed by atoms with E-state index in [1.807, 2.05) is 12.1 Å². The zero-order valence-electron chi connectivity index (χ0n) is 23.8. The summed E-state index contributed by atoms with van der Waals surface area (Å²) in [6, 6.07) is 18.2. The Morgan fingerprint density at radius 3 is 2.45 bits per heavy atom. The lowest BCUT2D eigenvalue weighted by Crippen LogP contribution is -2.48. The van der Waals surface area contributed by atoms with Crippen molar-refractivity contribution in [2.45, 2.75) is 38.1 Å². The molecule has 42 heavy (non-hydrogen) atoms. The third kappa shape index (κ3) is 5.56. The number of benzene rings is 3. The summed E-state index contributed by atoms with van der Waals surface area (Å²) in [4.78, 5) is 13.1. The lowest BCUT2D eigenvalue weighted by molar-refractivity contribution is 0.0843. The highest BCUT2D eigenvalue weighted by Gasteiger charge is 2.29. The number of nitrogens with one attached hydrogen (secondary N) is 2. The third-order valence-electron chi connectivity index (χ3n) is 7.77. The van der Waals surface area contributed by atoms with Crippen LogP contribution in [0.25, 0.3) is 38.6 Å². The molecule has 0 unspecified atom stereocenters. The van der Waals surface area contributed by atoms with Crippen molar-refractivity contribution in [1.29, 1.82) is 0 Å². The minimum Gasteiger partial charge on any atom is -0.381 e. The molecule has 0 spiro atoms. The van der Waals surface area contributed by atoms with Gasteiger partial charge in [-0.05, 0) is 80.8 Å². The van der Waals surface area contributed by atoms with Gasteiger partial charge in [-0.2, -0.15) is 5.10 Å². The van der Waals surface area contributed by atoms with E-state index in [9.17, 15) is 17.6 Å². The van der Waals surface area contributed by atoms with Crippen LogP contribution < -0.4 is 5.32 Å². The summed E-state index contributed by atoms with van der Waals surface area (Å²) >= 11 is 0. The predicted molar refractivity (Wildman–Crippen MR) is 162 cm³/mol. The molecule has 1 aliphatic heterocycles. The highest BCUT2D eigenvalue weighted by molar-refractivity contribution is 7.90. The number of hydrogen-bond donors (Lipinski definition) is 2. The quantitative estimate of drug-likeness (QED) is 0.252.